The van der Waals surface area contributed by atoms with Crippen LogP contribution in [0.4, 0.5) is 0 Å². The lowest BCUT2D eigenvalue weighted by molar-refractivity contribution is 0.0749. The van der Waals surface area contributed by atoms with Gasteiger partial charge in [-0.2, -0.15) is 0 Å². The van der Waals surface area contributed by atoms with Crippen LogP contribution in [0.25, 0.3) is 0 Å². The first kappa shape index (κ1) is 15.5. The number of rotatable bonds is 7. The van der Waals surface area contributed by atoms with Gasteiger partial charge in [0, 0.05) is 12.5 Å². The van der Waals surface area contributed by atoms with Gasteiger partial charge in [-0.15, -0.1) is 0 Å². The molecule has 0 saturated heterocycles. The predicted octanol–water partition coefficient (Wildman–Crippen LogP) is 2.78. The smallest absolute Gasteiger partial charge is 0.0599 e. The van der Waals surface area contributed by atoms with Crippen molar-refractivity contribution in [3.8, 4) is 11.8 Å². The Bertz CT molecular complexity index is 213. The van der Waals surface area contributed by atoms with Crippen LogP contribution in [0.3, 0.4) is 0 Å². The molecule has 16 heavy (non-hydrogen) atoms. The lowest BCUT2D eigenvalue weighted by Gasteiger charge is -2.13. The Morgan fingerprint density at radius 1 is 1.12 bits per heavy atom. The Hall–Kier alpha value is -0.520. The highest BCUT2D eigenvalue weighted by atomic mass is 16.5. The molecule has 2 nitrogen and oxygen atoms in total. The fourth-order valence-electron chi connectivity index (χ4n) is 1.27. The summed E-state index contributed by atoms with van der Waals surface area (Å²) >= 11 is 0. The summed E-state index contributed by atoms with van der Waals surface area (Å²) in [5.74, 6) is 6.84. The third-order valence-electron chi connectivity index (χ3n) is 2.13. The Labute approximate surface area is 101 Å². The average Bonchev–Trinajstić information content (AvgIpc) is 2.16. The summed E-state index contributed by atoms with van der Waals surface area (Å²) in [6.45, 7) is 11.3. The summed E-state index contributed by atoms with van der Waals surface area (Å²) in [7, 11) is 2.12. The van der Waals surface area contributed by atoms with Gasteiger partial charge in [-0.05, 0) is 40.3 Å². The van der Waals surface area contributed by atoms with E-state index in [9.17, 15) is 0 Å². The molecule has 2 heteroatoms. The summed E-state index contributed by atoms with van der Waals surface area (Å²) in [5, 5.41) is 0. The highest BCUT2D eigenvalue weighted by molar-refractivity contribution is 5.02. The lowest BCUT2D eigenvalue weighted by atomic mass is 10.2. The van der Waals surface area contributed by atoms with E-state index in [0.29, 0.717) is 12.0 Å². The summed E-state index contributed by atoms with van der Waals surface area (Å²) in [6, 6.07) is 0. The van der Waals surface area contributed by atoms with Gasteiger partial charge in [-0.1, -0.05) is 25.7 Å². The van der Waals surface area contributed by atoms with Crippen molar-refractivity contribution in [2.75, 3.05) is 26.7 Å². The lowest BCUT2D eigenvalue weighted by Crippen LogP contribution is -2.20. The molecule has 0 aliphatic rings. The molecular formula is C14H27NO. The fraction of sp³-hybridized carbons (Fsp3) is 0.857. The Morgan fingerprint density at radius 2 is 1.81 bits per heavy atom. The summed E-state index contributed by atoms with van der Waals surface area (Å²) in [5.41, 5.74) is 0. The van der Waals surface area contributed by atoms with E-state index in [-0.39, 0.29) is 0 Å². The molecule has 0 aliphatic heterocycles. The first-order chi connectivity index (χ1) is 7.52. The van der Waals surface area contributed by atoms with E-state index in [1.807, 2.05) is 0 Å². The van der Waals surface area contributed by atoms with Crippen molar-refractivity contribution in [1.82, 2.24) is 4.90 Å². The number of hydrogen-bond acceptors (Lipinski definition) is 2. The minimum Gasteiger partial charge on any atom is -0.379 e. The highest BCUT2D eigenvalue weighted by Gasteiger charge is 1.97. The van der Waals surface area contributed by atoms with Crippen LogP contribution in [-0.2, 0) is 4.74 Å². The molecule has 0 radical (unpaired) electrons. The molecule has 0 rings (SSSR count). The summed E-state index contributed by atoms with van der Waals surface area (Å²) < 4.78 is 5.49. The van der Waals surface area contributed by atoms with E-state index in [1.54, 1.807) is 0 Å². The number of hydrogen-bond donors (Lipinski definition) is 0. The zero-order chi connectivity index (χ0) is 12.4. The quantitative estimate of drug-likeness (QED) is 0.488. The molecule has 0 spiro atoms. The molecule has 0 heterocycles. The molecule has 0 amide bonds. The van der Waals surface area contributed by atoms with Gasteiger partial charge >= 0.3 is 0 Å². The van der Waals surface area contributed by atoms with Crippen molar-refractivity contribution >= 4 is 0 Å². The molecule has 94 valence electrons. The van der Waals surface area contributed by atoms with Crippen LogP contribution in [0.1, 0.15) is 40.5 Å². The molecule has 0 aromatic heterocycles. The second-order valence-corrected chi connectivity index (χ2v) is 4.84. The summed E-state index contributed by atoms with van der Waals surface area (Å²) in [6.07, 6.45) is 2.68. The molecule has 0 bridgehead atoms. The molecule has 0 aromatic carbocycles. The molecule has 0 saturated carbocycles. The third-order valence-corrected chi connectivity index (χ3v) is 2.13. The van der Waals surface area contributed by atoms with Gasteiger partial charge in [0.1, 0.15) is 0 Å². The van der Waals surface area contributed by atoms with Gasteiger partial charge in [0.2, 0.25) is 0 Å². The van der Waals surface area contributed by atoms with Gasteiger partial charge in [0.25, 0.3) is 0 Å². The van der Waals surface area contributed by atoms with Crippen molar-refractivity contribution < 1.29 is 4.74 Å². The second-order valence-electron chi connectivity index (χ2n) is 4.84. The zero-order valence-corrected chi connectivity index (χ0v) is 11.5. The van der Waals surface area contributed by atoms with Crippen LogP contribution in [0.5, 0.6) is 0 Å². The molecule has 0 atom stereocenters. The van der Waals surface area contributed by atoms with Crippen LogP contribution >= 0.6 is 0 Å². The van der Waals surface area contributed by atoms with Crippen LogP contribution in [0.15, 0.2) is 0 Å². The van der Waals surface area contributed by atoms with E-state index >= 15 is 0 Å². The van der Waals surface area contributed by atoms with Crippen LogP contribution < -0.4 is 0 Å². The normalized spacial score (nSPS) is 11.0. The standard InChI is InChI=1S/C14H27NO/c1-13(2)9-8-11-15(5)10-6-7-12-16-14(3)4/h13-14H,6-7,10-12H2,1-5H3. The first-order valence-electron chi connectivity index (χ1n) is 6.31. The fourth-order valence-corrected chi connectivity index (χ4v) is 1.27. The van der Waals surface area contributed by atoms with Gasteiger partial charge in [-0.3, -0.25) is 4.90 Å². The SMILES string of the molecule is CC(C)C#CCN(C)CCCCOC(C)C. The monoisotopic (exact) mass is 225 g/mol. The van der Waals surface area contributed by atoms with E-state index in [0.717, 1.165) is 26.1 Å². The Kier molecular flexibility index (Phi) is 9.37. The maximum atomic E-state index is 5.49. The average molecular weight is 225 g/mol. The van der Waals surface area contributed by atoms with Crippen molar-refractivity contribution in [1.29, 1.82) is 0 Å². The Balaban J connectivity index is 3.38. The van der Waals surface area contributed by atoms with E-state index < -0.39 is 0 Å². The van der Waals surface area contributed by atoms with Crippen molar-refractivity contribution in [2.45, 2.75) is 46.6 Å². The van der Waals surface area contributed by atoms with E-state index in [1.165, 1.54) is 6.42 Å². The maximum absolute atomic E-state index is 5.49. The molecule has 0 aromatic rings. The zero-order valence-electron chi connectivity index (χ0n) is 11.5. The van der Waals surface area contributed by atoms with Gasteiger partial charge in [0.15, 0.2) is 0 Å². The van der Waals surface area contributed by atoms with Gasteiger partial charge < -0.3 is 4.74 Å². The third kappa shape index (κ3) is 11.6. The van der Waals surface area contributed by atoms with Gasteiger partial charge in [-0.25, -0.2) is 0 Å². The predicted molar refractivity (Wildman–Crippen MR) is 70.4 cm³/mol. The summed E-state index contributed by atoms with van der Waals surface area (Å²) in [4.78, 5) is 2.27. The van der Waals surface area contributed by atoms with Crippen LogP contribution in [-0.4, -0.2) is 37.7 Å². The minimum absolute atomic E-state index is 0.356. The van der Waals surface area contributed by atoms with Gasteiger partial charge in [0.05, 0.1) is 12.6 Å². The van der Waals surface area contributed by atoms with Crippen LogP contribution in [0, 0.1) is 17.8 Å². The highest BCUT2D eigenvalue weighted by Crippen LogP contribution is 1.96. The molecule has 0 unspecified atom stereocenters. The largest absolute Gasteiger partial charge is 0.379 e. The van der Waals surface area contributed by atoms with E-state index in [2.05, 4.69) is 51.5 Å². The van der Waals surface area contributed by atoms with Crippen LogP contribution in [0.2, 0.25) is 0 Å². The van der Waals surface area contributed by atoms with E-state index in [4.69, 9.17) is 4.74 Å². The molecule has 0 N–H and O–H groups in total. The number of unbranched alkanes of at least 4 members (excludes halogenated alkanes) is 1. The van der Waals surface area contributed by atoms with Crippen molar-refractivity contribution in [2.24, 2.45) is 5.92 Å². The first-order valence-corrected chi connectivity index (χ1v) is 6.31. The van der Waals surface area contributed by atoms with Crippen molar-refractivity contribution in [3.05, 3.63) is 0 Å². The molecule has 0 fully saturated rings. The second kappa shape index (κ2) is 9.69. The Morgan fingerprint density at radius 3 is 2.38 bits per heavy atom. The molecular weight excluding hydrogens is 198 g/mol. The number of nitrogens with zero attached hydrogens (tertiary/aromatic N) is 1. The topological polar surface area (TPSA) is 12.5 Å². The minimum atomic E-state index is 0.356. The number of ether oxygens (including phenoxy) is 1. The molecule has 0 aliphatic carbocycles. The maximum Gasteiger partial charge on any atom is 0.0599 e. The van der Waals surface area contributed by atoms with Crippen molar-refractivity contribution in [3.63, 3.8) is 0 Å².